The molecule has 0 aliphatic carbocycles. The van der Waals surface area contributed by atoms with Crippen LogP contribution in [0.5, 0.6) is 11.5 Å². The number of aromatic nitrogens is 2. The van der Waals surface area contributed by atoms with Crippen LogP contribution in [-0.4, -0.2) is 36.3 Å². The fourth-order valence-corrected chi connectivity index (χ4v) is 2.89. The molecule has 28 heavy (non-hydrogen) atoms. The Bertz CT molecular complexity index is 961. The summed E-state index contributed by atoms with van der Waals surface area (Å²) in [7, 11) is 1.99. The third kappa shape index (κ3) is 4.03. The van der Waals surface area contributed by atoms with Gasteiger partial charge in [0, 0.05) is 31.5 Å². The van der Waals surface area contributed by atoms with Gasteiger partial charge in [-0.3, -0.25) is 9.78 Å². The van der Waals surface area contributed by atoms with Gasteiger partial charge in [-0.1, -0.05) is 0 Å². The van der Waals surface area contributed by atoms with Crippen LogP contribution < -0.4 is 19.7 Å². The molecule has 0 saturated carbocycles. The van der Waals surface area contributed by atoms with E-state index in [2.05, 4.69) is 20.2 Å². The van der Waals surface area contributed by atoms with Crippen molar-refractivity contribution < 1.29 is 14.3 Å². The van der Waals surface area contributed by atoms with Gasteiger partial charge in [-0.25, -0.2) is 4.98 Å². The van der Waals surface area contributed by atoms with E-state index in [0.29, 0.717) is 22.7 Å². The van der Waals surface area contributed by atoms with E-state index in [-0.39, 0.29) is 12.7 Å². The summed E-state index contributed by atoms with van der Waals surface area (Å²) in [6, 6.07) is 12.9. The SMILES string of the molecule is CN(CCc1ccncc1)c1ccc(NC(=O)c2ccc3c(c2)OCO3)cn1. The number of ether oxygens (including phenoxy) is 2. The number of hydrogen-bond donors (Lipinski definition) is 1. The van der Waals surface area contributed by atoms with Crippen LogP contribution in [0.1, 0.15) is 15.9 Å². The third-order valence-electron chi connectivity index (χ3n) is 4.52. The van der Waals surface area contributed by atoms with Crippen LogP contribution in [0.3, 0.4) is 0 Å². The van der Waals surface area contributed by atoms with Gasteiger partial charge in [-0.2, -0.15) is 0 Å². The molecule has 0 bridgehead atoms. The van der Waals surface area contributed by atoms with Crippen LogP contribution in [0.25, 0.3) is 0 Å². The fourth-order valence-electron chi connectivity index (χ4n) is 2.89. The molecule has 1 aliphatic rings. The van der Waals surface area contributed by atoms with Crippen LogP contribution in [0.2, 0.25) is 0 Å². The number of pyridine rings is 2. The number of hydrogen-bond acceptors (Lipinski definition) is 6. The zero-order valence-electron chi connectivity index (χ0n) is 15.5. The molecule has 0 saturated heterocycles. The molecule has 142 valence electrons. The van der Waals surface area contributed by atoms with Crippen LogP contribution in [0.15, 0.2) is 61.1 Å². The topological polar surface area (TPSA) is 76.6 Å². The number of likely N-dealkylation sites (N-methyl/N-ethyl adjacent to an activating group) is 1. The maximum atomic E-state index is 12.4. The standard InChI is InChI=1S/C21H20N4O3/c1-25(11-8-15-6-9-22-10-7-15)20-5-3-17(13-23-20)24-21(26)16-2-4-18-19(12-16)28-14-27-18/h2-7,9-10,12-13H,8,11,14H2,1H3,(H,24,26). The molecular formula is C21H20N4O3. The van der Waals surface area contributed by atoms with Crippen molar-refractivity contribution in [2.45, 2.75) is 6.42 Å². The number of rotatable bonds is 6. The van der Waals surface area contributed by atoms with Crippen molar-refractivity contribution in [1.29, 1.82) is 0 Å². The van der Waals surface area contributed by atoms with Crippen LogP contribution in [0.4, 0.5) is 11.5 Å². The molecule has 0 spiro atoms. The molecule has 2 aromatic heterocycles. The summed E-state index contributed by atoms with van der Waals surface area (Å²) in [5, 5.41) is 2.85. The van der Waals surface area contributed by atoms with E-state index < -0.39 is 0 Å². The van der Waals surface area contributed by atoms with E-state index in [9.17, 15) is 4.79 Å². The average molecular weight is 376 g/mol. The number of amides is 1. The largest absolute Gasteiger partial charge is 0.454 e. The Labute approximate surface area is 163 Å². The first-order valence-corrected chi connectivity index (χ1v) is 8.96. The molecular weight excluding hydrogens is 356 g/mol. The highest BCUT2D eigenvalue weighted by molar-refractivity contribution is 6.04. The summed E-state index contributed by atoms with van der Waals surface area (Å²) in [4.78, 5) is 23.0. The number of nitrogens with zero attached hydrogens (tertiary/aromatic N) is 3. The van der Waals surface area contributed by atoms with Gasteiger partial charge in [0.25, 0.3) is 5.91 Å². The molecule has 1 amide bonds. The number of carbonyl (C=O) groups is 1. The number of nitrogens with one attached hydrogen (secondary N) is 1. The Kier molecular flexibility index (Phi) is 5.05. The van der Waals surface area contributed by atoms with Crippen molar-refractivity contribution in [2.75, 3.05) is 30.6 Å². The summed E-state index contributed by atoms with van der Waals surface area (Å²) >= 11 is 0. The predicted molar refractivity (Wildman–Crippen MR) is 106 cm³/mol. The first kappa shape index (κ1) is 17.8. The summed E-state index contributed by atoms with van der Waals surface area (Å²) in [6.45, 7) is 1.01. The van der Waals surface area contributed by atoms with Gasteiger partial charge in [0.05, 0.1) is 11.9 Å². The summed E-state index contributed by atoms with van der Waals surface area (Å²) < 4.78 is 10.6. The second-order valence-electron chi connectivity index (χ2n) is 6.45. The zero-order chi connectivity index (χ0) is 19.3. The molecule has 7 nitrogen and oxygen atoms in total. The van der Waals surface area contributed by atoms with Crippen LogP contribution >= 0.6 is 0 Å². The average Bonchev–Trinajstić information content (AvgIpc) is 3.21. The van der Waals surface area contributed by atoms with E-state index in [1.165, 1.54) is 5.56 Å². The van der Waals surface area contributed by atoms with Crippen molar-refractivity contribution in [3.8, 4) is 11.5 Å². The lowest BCUT2D eigenvalue weighted by Gasteiger charge is -2.18. The van der Waals surface area contributed by atoms with Gasteiger partial charge in [0.1, 0.15) is 5.82 Å². The second kappa shape index (κ2) is 7.96. The maximum Gasteiger partial charge on any atom is 0.255 e. The Morgan fingerprint density at radius 3 is 2.71 bits per heavy atom. The van der Waals surface area contributed by atoms with Gasteiger partial charge in [0.2, 0.25) is 6.79 Å². The third-order valence-corrected chi connectivity index (χ3v) is 4.52. The minimum atomic E-state index is -0.223. The highest BCUT2D eigenvalue weighted by Crippen LogP contribution is 2.32. The van der Waals surface area contributed by atoms with Crippen molar-refractivity contribution in [3.05, 3.63) is 72.2 Å². The van der Waals surface area contributed by atoms with E-state index in [1.54, 1.807) is 36.8 Å². The number of fused-ring (bicyclic) bond motifs is 1. The Balaban J connectivity index is 1.35. The van der Waals surface area contributed by atoms with Crippen molar-refractivity contribution in [3.63, 3.8) is 0 Å². The molecule has 0 radical (unpaired) electrons. The molecule has 1 aliphatic heterocycles. The van der Waals surface area contributed by atoms with Gasteiger partial charge < -0.3 is 19.7 Å². The molecule has 1 aromatic carbocycles. The van der Waals surface area contributed by atoms with Crippen molar-refractivity contribution >= 4 is 17.4 Å². The molecule has 0 fully saturated rings. The molecule has 4 rings (SSSR count). The molecule has 7 heteroatoms. The Morgan fingerprint density at radius 1 is 1.11 bits per heavy atom. The molecule has 1 N–H and O–H groups in total. The van der Waals surface area contributed by atoms with Gasteiger partial charge in [-0.15, -0.1) is 0 Å². The lowest BCUT2D eigenvalue weighted by molar-refractivity contribution is 0.102. The normalized spacial score (nSPS) is 11.9. The monoisotopic (exact) mass is 376 g/mol. The summed E-state index contributed by atoms with van der Waals surface area (Å²) in [5.41, 5.74) is 2.37. The smallest absolute Gasteiger partial charge is 0.255 e. The summed E-state index contributed by atoms with van der Waals surface area (Å²) in [6.07, 6.45) is 6.16. The van der Waals surface area contributed by atoms with Crippen LogP contribution in [0, 0.1) is 0 Å². The van der Waals surface area contributed by atoms with E-state index in [4.69, 9.17) is 9.47 Å². The first-order valence-electron chi connectivity index (χ1n) is 8.96. The second-order valence-corrected chi connectivity index (χ2v) is 6.45. The molecule has 0 unspecified atom stereocenters. The fraction of sp³-hybridized carbons (Fsp3) is 0.190. The van der Waals surface area contributed by atoms with E-state index in [1.807, 2.05) is 31.3 Å². The highest BCUT2D eigenvalue weighted by Gasteiger charge is 2.16. The maximum absolute atomic E-state index is 12.4. The molecule has 3 heterocycles. The van der Waals surface area contributed by atoms with Gasteiger partial charge in [0.15, 0.2) is 11.5 Å². The lowest BCUT2D eigenvalue weighted by atomic mass is 10.2. The molecule has 0 atom stereocenters. The minimum absolute atomic E-state index is 0.181. The Morgan fingerprint density at radius 2 is 1.93 bits per heavy atom. The zero-order valence-corrected chi connectivity index (χ0v) is 15.5. The first-order chi connectivity index (χ1) is 13.7. The minimum Gasteiger partial charge on any atom is -0.454 e. The summed E-state index contributed by atoms with van der Waals surface area (Å²) in [5.74, 6) is 1.85. The van der Waals surface area contributed by atoms with Gasteiger partial charge >= 0.3 is 0 Å². The highest BCUT2D eigenvalue weighted by atomic mass is 16.7. The quantitative estimate of drug-likeness (QED) is 0.712. The van der Waals surface area contributed by atoms with E-state index >= 15 is 0 Å². The lowest BCUT2D eigenvalue weighted by Crippen LogP contribution is -2.21. The number of anilines is 2. The molecule has 3 aromatic rings. The number of benzene rings is 1. The predicted octanol–water partition coefficient (Wildman–Crippen LogP) is 3.14. The van der Waals surface area contributed by atoms with Crippen molar-refractivity contribution in [1.82, 2.24) is 9.97 Å². The van der Waals surface area contributed by atoms with E-state index in [0.717, 1.165) is 18.8 Å². The van der Waals surface area contributed by atoms with Gasteiger partial charge in [-0.05, 0) is 54.4 Å². The Hall–Kier alpha value is -3.61. The number of carbonyl (C=O) groups excluding carboxylic acids is 1. The van der Waals surface area contributed by atoms with Crippen LogP contribution in [-0.2, 0) is 6.42 Å². The van der Waals surface area contributed by atoms with Crippen molar-refractivity contribution in [2.24, 2.45) is 0 Å².